The van der Waals surface area contributed by atoms with Crippen molar-refractivity contribution in [1.82, 2.24) is 4.90 Å². The molecule has 1 aliphatic heterocycles. The summed E-state index contributed by atoms with van der Waals surface area (Å²) in [5.74, 6) is 0.891. The molecule has 1 heterocycles. The monoisotopic (exact) mass is 366 g/mol. The topological polar surface area (TPSA) is 100 Å². The summed E-state index contributed by atoms with van der Waals surface area (Å²) in [6.07, 6.45) is 0.142. The molecule has 0 saturated heterocycles. The predicted octanol–water partition coefficient (Wildman–Crippen LogP) is 1.70. The smallest absolute Gasteiger partial charge is 0.409 e. The zero-order valence-corrected chi connectivity index (χ0v) is 15.6. The Kier molecular flexibility index (Phi) is 6.31. The molecule has 144 valence electrons. The van der Waals surface area contributed by atoms with E-state index in [0.717, 1.165) is 11.3 Å². The van der Waals surface area contributed by atoms with Gasteiger partial charge in [0.1, 0.15) is 12.2 Å². The van der Waals surface area contributed by atoms with Crippen molar-refractivity contribution in [1.29, 1.82) is 0 Å². The molecule has 1 aliphatic rings. The summed E-state index contributed by atoms with van der Waals surface area (Å²) < 4.78 is 21.1. The number of benzene rings is 1. The van der Waals surface area contributed by atoms with Crippen LogP contribution >= 0.6 is 0 Å². The van der Waals surface area contributed by atoms with E-state index in [0.29, 0.717) is 12.2 Å². The summed E-state index contributed by atoms with van der Waals surface area (Å²) in [6, 6.07) is 5.61. The molecule has 0 aromatic heterocycles. The maximum absolute atomic E-state index is 12.3. The third kappa shape index (κ3) is 5.26. The molecule has 26 heavy (non-hydrogen) atoms. The van der Waals surface area contributed by atoms with Crippen molar-refractivity contribution in [2.45, 2.75) is 38.8 Å². The van der Waals surface area contributed by atoms with Crippen molar-refractivity contribution in [3.63, 3.8) is 0 Å². The summed E-state index contributed by atoms with van der Waals surface area (Å²) in [5.41, 5.74) is 5.31. The van der Waals surface area contributed by atoms with Gasteiger partial charge in [-0.25, -0.2) is 4.79 Å². The van der Waals surface area contributed by atoms with Crippen molar-refractivity contribution in [2.24, 2.45) is 5.73 Å². The molecule has 2 rings (SSSR count). The molecule has 1 unspecified atom stereocenters. The molecule has 1 aromatic carbocycles. The second kappa shape index (κ2) is 8.27. The second-order valence-electron chi connectivity index (χ2n) is 6.84. The van der Waals surface area contributed by atoms with Crippen LogP contribution < -0.4 is 15.2 Å². The number of fused-ring (bicyclic) bond motifs is 1. The third-order valence-electron chi connectivity index (χ3n) is 4.02. The summed E-state index contributed by atoms with van der Waals surface area (Å²) in [6.45, 7) is 5.19. The minimum Gasteiger partial charge on any atom is -0.455 e. The van der Waals surface area contributed by atoms with Crippen LogP contribution in [0.4, 0.5) is 4.79 Å². The van der Waals surface area contributed by atoms with Gasteiger partial charge < -0.3 is 29.6 Å². The first kappa shape index (κ1) is 19.8. The van der Waals surface area contributed by atoms with Gasteiger partial charge in [0.25, 0.3) is 0 Å². The first-order valence-electron chi connectivity index (χ1n) is 8.42. The Morgan fingerprint density at radius 3 is 2.69 bits per heavy atom. The number of ether oxygens (including phenoxy) is 4. The molecular formula is C18H26N2O6. The zero-order valence-electron chi connectivity index (χ0n) is 15.6. The van der Waals surface area contributed by atoms with Crippen LogP contribution in [0.1, 0.15) is 26.3 Å². The highest BCUT2D eigenvalue weighted by atomic mass is 16.7. The van der Waals surface area contributed by atoms with E-state index in [2.05, 4.69) is 0 Å². The SMILES string of the molecule is CC(Cc1ccc2c(c1)OCO2)N(C)C(=O)OCC(C)(C)OC(=O)CN. The van der Waals surface area contributed by atoms with Crippen molar-refractivity contribution in [2.75, 3.05) is 27.0 Å². The molecule has 0 bridgehead atoms. The van der Waals surface area contributed by atoms with Gasteiger partial charge in [-0.2, -0.15) is 0 Å². The average molecular weight is 366 g/mol. The van der Waals surface area contributed by atoms with Crippen LogP contribution in [0, 0.1) is 0 Å². The Morgan fingerprint density at radius 2 is 2.00 bits per heavy atom. The lowest BCUT2D eigenvalue weighted by atomic mass is 10.1. The molecule has 8 nitrogen and oxygen atoms in total. The summed E-state index contributed by atoms with van der Waals surface area (Å²) in [4.78, 5) is 25.0. The normalized spacial score (nSPS) is 13.9. The highest BCUT2D eigenvalue weighted by Gasteiger charge is 2.26. The van der Waals surface area contributed by atoms with Gasteiger partial charge in [0, 0.05) is 13.1 Å². The molecule has 1 atom stereocenters. The molecular weight excluding hydrogens is 340 g/mol. The number of hydrogen-bond donors (Lipinski definition) is 1. The lowest BCUT2D eigenvalue weighted by molar-refractivity contribution is -0.158. The van der Waals surface area contributed by atoms with Crippen molar-refractivity contribution >= 4 is 12.1 Å². The first-order valence-corrected chi connectivity index (χ1v) is 8.42. The maximum Gasteiger partial charge on any atom is 0.409 e. The number of nitrogens with zero attached hydrogens (tertiary/aromatic N) is 1. The largest absolute Gasteiger partial charge is 0.455 e. The van der Waals surface area contributed by atoms with Gasteiger partial charge in [-0.3, -0.25) is 4.79 Å². The van der Waals surface area contributed by atoms with E-state index in [1.54, 1.807) is 20.9 Å². The fourth-order valence-corrected chi connectivity index (χ4v) is 2.44. The minimum absolute atomic E-state index is 0.0569. The lowest BCUT2D eigenvalue weighted by Gasteiger charge is -2.28. The number of hydrogen-bond acceptors (Lipinski definition) is 7. The molecule has 8 heteroatoms. The van der Waals surface area contributed by atoms with E-state index >= 15 is 0 Å². The van der Waals surface area contributed by atoms with Gasteiger partial charge >= 0.3 is 12.1 Å². The van der Waals surface area contributed by atoms with Gasteiger partial charge in [0.05, 0.1) is 6.54 Å². The lowest BCUT2D eigenvalue weighted by Crippen LogP contribution is -2.41. The highest BCUT2D eigenvalue weighted by molar-refractivity contribution is 5.72. The predicted molar refractivity (Wildman–Crippen MR) is 94.1 cm³/mol. The Balaban J connectivity index is 1.86. The van der Waals surface area contributed by atoms with E-state index in [1.165, 1.54) is 4.90 Å². The molecule has 1 amide bonds. The fraction of sp³-hybridized carbons (Fsp3) is 0.556. The molecule has 2 N–H and O–H groups in total. The van der Waals surface area contributed by atoms with Gasteiger partial charge in [0.15, 0.2) is 11.5 Å². The van der Waals surface area contributed by atoms with Gasteiger partial charge in [-0.15, -0.1) is 0 Å². The number of carbonyl (C=O) groups is 2. The van der Waals surface area contributed by atoms with Crippen LogP contribution in [0.25, 0.3) is 0 Å². The molecule has 0 spiro atoms. The average Bonchev–Trinajstić information content (AvgIpc) is 3.06. The second-order valence-corrected chi connectivity index (χ2v) is 6.84. The van der Waals surface area contributed by atoms with Crippen molar-refractivity contribution in [3.8, 4) is 11.5 Å². The van der Waals surface area contributed by atoms with Crippen molar-refractivity contribution < 1.29 is 28.5 Å². The summed E-state index contributed by atoms with van der Waals surface area (Å²) in [5, 5.41) is 0. The number of nitrogens with two attached hydrogens (primary N) is 1. The number of carbonyl (C=O) groups excluding carboxylic acids is 2. The van der Waals surface area contributed by atoms with Crippen LogP contribution in [0.15, 0.2) is 18.2 Å². The van der Waals surface area contributed by atoms with E-state index in [-0.39, 0.29) is 26.0 Å². The molecule has 0 radical (unpaired) electrons. The van der Waals surface area contributed by atoms with E-state index in [1.807, 2.05) is 25.1 Å². The zero-order chi connectivity index (χ0) is 19.3. The number of rotatable bonds is 7. The van der Waals surface area contributed by atoms with Crippen molar-refractivity contribution in [3.05, 3.63) is 23.8 Å². The van der Waals surface area contributed by atoms with Gasteiger partial charge in [-0.05, 0) is 44.9 Å². The van der Waals surface area contributed by atoms with Crippen LogP contribution in [0.5, 0.6) is 11.5 Å². The summed E-state index contributed by atoms with van der Waals surface area (Å²) >= 11 is 0. The van der Waals surface area contributed by atoms with Gasteiger partial charge in [0.2, 0.25) is 6.79 Å². The molecule has 0 saturated carbocycles. The van der Waals surface area contributed by atoms with Crippen LogP contribution in [0.2, 0.25) is 0 Å². The Bertz CT molecular complexity index is 661. The van der Waals surface area contributed by atoms with E-state index in [4.69, 9.17) is 24.7 Å². The Morgan fingerprint density at radius 1 is 1.31 bits per heavy atom. The highest BCUT2D eigenvalue weighted by Crippen LogP contribution is 2.33. The third-order valence-corrected chi connectivity index (χ3v) is 4.02. The maximum atomic E-state index is 12.3. The van der Waals surface area contributed by atoms with Crippen LogP contribution in [0.3, 0.4) is 0 Å². The van der Waals surface area contributed by atoms with E-state index in [9.17, 15) is 9.59 Å². The Labute approximate surface area is 153 Å². The number of esters is 1. The first-order chi connectivity index (χ1) is 12.2. The number of likely N-dealkylation sites (N-methyl/N-ethyl adjacent to an activating group) is 1. The standard InChI is InChI=1S/C18H26N2O6/c1-12(7-13-5-6-14-15(8-13)25-11-24-14)20(4)17(22)23-10-18(2,3)26-16(21)9-19/h5-6,8,12H,7,9-11,19H2,1-4H3. The molecule has 0 aliphatic carbocycles. The molecule has 0 fully saturated rings. The van der Waals surface area contributed by atoms with Gasteiger partial charge in [-0.1, -0.05) is 6.07 Å². The fourth-order valence-electron chi connectivity index (χ4n) is 2.44. The Hall–Kier alpha value is -2.48. The summed E-state index contributed by atoms with van der Waals surface area (Å²) in [7, 11) is 1.67. The molecule has 1 aromatic rings. The van der Waals surface area contributed by atoms with Crippen LogP contribution in [-0.2, 0) is 20.7 Å². The number of amides is 1. The minimum atomic E-state index is -0.937. The van der Waals surface area contributed by atoms with Crippen LogP contribution in [-0.4, -0.2) is 55.6 Å². The quantitative estimate of drug-likeness (QED) is 0.733. The van der Waals surface area contributed by atoms with E-state index < -0.39 is 17.7 Å².